The number of hydrogen-bond acceptors (Lipinski definition) is 4. The quantitative estimate of drug-likeness (QED) is 0.862. The summed E-state index contributed by atoms with van der Waals surface area (Å²) in [5, 5.41) is 3.70. The van der Waals surface area contributed by atoms with Gasteiger partial charge in [-0.05, 0) is 65.3 Å². The van der Waals surface area contributed by atoms with Gasteiger partial charge in [-0.1, -0.05) is 6.92 Å². The topological polar surface area (TPSA) is 50.8 Å². The summed E-state index contributed by atoms with van der Waals surface area (Å²) in [5.74, 6) is 0.527. The van der Waals surface area contributed by atoms with E-state index >= 15 is 0 Å². The van der Waals surface area contributed by atoms with Crippen LogP contribution in [0.4, 0.5) is 4.79 Å². The summed E-state index contributed by atoms with van der Waals surface area (Å²) in [4.78, 5) is 14.1. The van der Waals surface area contributed by atoms with E-state index in [-0.39, 0.29) is 6.09 Å². The molecule has 1 N–H and O–H groups in total. The van der Waals surface area contributed by atoms with Crippen molar-refractivity contribution >= 4 is 6.09 Å². The van der Waals surface area contributed by atoms with Crippen molar-refractivity contribution in [3.8, 4) is 0 Å². The molecule has 3 unspecified atom stereocenters. The number of ether oxygens (including phenoxy) is 2. The van der Waals surface area contributed by atoms with Crippen molar-refractivity contribution < 1.29 is 14.3 Å². The molecule has 2 fully saturated rings. The molecule has 1 amide bonds. The maximum absolute atomic E-state index is 12.2. The lowest BCUT2D eigenvalue weighted by molar-refractivity contribution is -0.00196. The average Bonchev–Trinajstić information content (AvgIpc) is 2.52. The van der Waals surface area contributed by atoms with E-state index in [4.69, 9.17) is 9.47 Å². The van der Waals surface area contributed by atoms with Crippen molar-refractivity contribution in [3.05, 3.63) is 0 Å². The molecular weight excluding hydrogens is 292 g/mol. The Bertz CT molecular complexity index is 381. The predicted molar refractivity (Wildman–Crippen MR) is 91.6 cm³/mol. The number of carbonyl (C=O) groups is 1. The minimum atomic E-state index is -0.417. The maximum atomic E-state index is 12.2. The summed E-state index contributed by atoms with van der Waals surface area (Å²) in [5.41, 5.74) is -0.417. The van der Waals surface area contributed by atoms with Gasteiger partial charge < -0.3 is 19.7 Å². The van der Waals surface area contributed by atoms with Gasteiger partial charge in [0.2, 0.25) is 0 Å². The van der Waals surface area contributed by atoms with Gasteiger partial charge in [-0.25, -0.2) is 4.79 Å². The third kappa shape index (κ3) is 6.30. The molecule has 5 nitrogen and oxygen atoms in total. The monoisotopic (exact) mass is 326 g/mol. The SMILES string of the molecule is CCC1CC(NCC2CCCN(C(=O)OC(C)(C)C)C2)CCO1. The zero-order valence-corrected chi connectivity index (χ0v) is 15.3. The zero-order chi connectivity index (χ0) is 16.9. The van der Waals surface area contributed by atoms with Gasteiger partial charge in [-0.15, -0.1) is 0 Å². The van der Waals surface area contributed by atoms with Gasteiger partial charge in [0.15, 0.2) is 0 Å². The Labute approximate surface area is 141 Å². The van der Waals surface area contributed by atoms with Crippen LogP contribution in [-0.4, -0.2) is 55.0 Å². The Morgan fingerprint density at radius 3 is 2.83 bits per heavy atom. The summed E-state index contributed by atoms with van der Waals surface area (Å²) in [6.07, 6.45) is 5.79. The van der Waals surface area contributed by atoms with E-state index in [1.165, 1.54) is 6.42 Å². The smallest absolute Gasteiger partial charge is 0.410 e. The van der Waals surface area contributed by atoms with Gasteiger partial charge in [0.05, 0.1) is 6.10 Å². The van der Waals surface area contributed by atoms with Crippen molar-refractivity contribution in [2.75, 3.05) is 26.2 Å². The van der Waals surface area contributed by atoms with E-state index in [1.54, 1.807) is 0 Å². The second-order valence-electron chi connectivity index (χ2n) is 7.97. The molecule has 0 saturated carbocycles. The molecule has 23 heavy (non-hydrogen) atoms. The van der Waals surface area contributed by atoms with Gasteiger partial charge in [0.25, 0.3) is 0 Å². The Hall–Kier alpha value is -0.810. The number of carbonyl (C=O) groups excluding carboxylic acids is 1. The Morgan fingerprint density at radius 1 is 1.35 bits per heavy atom. The largest absolute Gasteiger partial charge is 0.444 e. The Morgan fingerprint density at radius 2 is 2.13 bits per heavy atom. The fourth-order valence-electron chi connectivity index (χ4n) is 3.41. The molecule has 0 aliphatic carbocycles. The van der Waals surface area contributed by atoms with Crippen molar-refractivity contribution in [2.24, 2.45) is 5.92 Å². The second kappa shape index (κ2) is 8.34. The molecule has 2 heterocycles. The fraction of sp³-hybridized carbons (Fsp3) is 0.944. The second-order valence-corrected chi connectivity index (χ2v) is 7.97. The molecule has 134 valence electrons. The lowest BCUT2D eigenvalue weighted by atomic mass is 9.96. The number of likely N-dealkylation sites (tertiary alicyclic amines) is 1. The van der Waals surface area contributed by atoms with Crippen LogP contribution in [-0.2, 0) is 9.47 Å². The normalized spacial score (nSPS) is 29.4. The molecule has 0 aromatic rings. The highest BCUT2D eigenvalue weighted by Crippen LogP contribution is 2.21. The first-order valence-electron chi connectivity index (χ1n) is 9.20. The van der Waals surface area contributed by atoms with E-state index in [1.807, 2.05) is 25.7 Å². The van der Waals surface area contributed by atoms with Crippen LogP contribution in [0.15, 0.2) is 0 Å². The van der Waals surface area contributed by atoms with Crippen LogP contribution in [0.2, 0.25) is 0 Å². The van der Waals surface area contributed by atoms with Gasteiger partial charge >= 0.3 is 6.09 Å². The number of amides is 1. The van der Waals surface area contributed by atoms with E-state index < -0.39 is 5.60 Å². The van der Waals surface area contributed by atoms with Crippen LogP contribution in [0, 0.1) is 5.92 Å². The minimum Gasteiger partial charge on any atom is -0.444 e. The minimum absolute atomic E-state index is 0.167. The highest BCUT2D eigenvalue weighted by Gasteiger charge is 2.28. The lowest BCUT2D eigenvalue weighted by Crippen LogP contribution is -2.47. The summed E-state index contributed by atoms with van der Waals surface area (Å²) in [6, 6.07) is 0.561. The molecule has 0 spiro atoms. The van der Waals surface area contributed by atoms with Crippen LogP contribution in [0.1, 0.15) is 59.8 Å². The van der Waals surface area contributed by atoms with E-state index in [2.05, 4.69) is 12.2 Å². The molecule has 3 atom stereocenters. The third-order valence-corrected chi connectivity index (χ3v) is 4.69. The summed E-state index contributed by atoms with van der Waals surface area (Å²) in [7, 11) is 0. The molecule has 2 saturated heterocycles. The van der Waals surface area contributed by atoms with Gasteiger partial charge in [0.1, 0.15) is 5.60 Å². The summed E-state index contributed by atoms with van der Waals surface area (Å²) in [6.45, 7) is 11.4. The highest BCUT2D eigenvalue weighted by atomic mass is 16.6. The third-order valence-electron chi connectivity index (χ3n) is 4.69. The van der Waals surface area contributed by atoms with Crippen molar-refractivity contribution in [1.29, 1.82) is 0 Å². The molecule has 2 aliphatic heterocycles. The number of hydrogen-bond donors (Lipinski definition) is 1. The first kappa shape index (κ1) is 18.5. The predicted octanol–water partition coefficient (Wildman–Crippen LogP) is 3.18. The van der Waals surface area contributed by atoms with Crippen LogP contribution in [0.5, 0.6) is 0 Å². The average molecular weight is 326 g/mol. The Balaban J connectivity index is 1.74. The Kier molecular flexibility index (Phi) is 6.72. The van der Waals surface area contributed by atoms with Gasteiger partial charge in [-0.2, -0.15) is 0 Å². The van der Waals surface area contributed by atoms with Crippen LogP contribution in [0.25, 0.3) is 0 Å². The first-order valence-corrected chi connectivity index (χ1v) is 9.20. The van der Waals surface area contributed by atoms with Gasteiger partial charge in [-0.3, -0.25) is 0 Å². The van der Waals surface area contributed by atoms with E-state index in [0.29, 0.717) is 18.1 Å². The standard InChI is InChI=1S/C18H34N2O3/c1-5-16-11-15(8-10-22-16)19-12-14-7-6-9-20(13-14)17(21)23-18(2,3)4/h14-16,19H,5-13H2,1-4H3. The fourth-order valence-corrected chi connectivity index (χ4v) is 3.41. The molecule has 5 heteroatoms. The molecule has 0 aromatic heterocycles. The highest BCUT2D eigenvalue weighted by molar-refractivity contribution is 5.68. The molecular formula is C18H34N2O3. The number of piperidine rings is 1. The van der Waals surface area contributed by atoms with Crippen LogP contribution in [0.3, 0.4) is 0 Å². The maximum Gasteiger partial charge on any atom is 0.410 e. The molecule has 0 radical (unpaired) electrons. The first-order chi connectivity index (χ1) is 10.9. The number of nitrogens with zero attached hydrogens (tertiary/aromatic N) is 1. The molecule has 0 aromatic carbocycles. The molecule has 2 rings (SSSR count). The van der Waals surface area contributed by atoms with Crippen LogP contribution >= 0.6 is 0 Å². The van der Waals surface area contributed by atoms with Crippen molar-refractivity contribution in [2.45, 2.75) is 77.5 Å². The summed E-state index contributed by atoms with van der Waals surface area (Å²) < 4.78 is 11.2. The van der Waals surface area contributed by atoms with Crippen molar-refractivity contribution in [1.82, 2.24) is 10.2 Å². The van der Waals surface area contributed by atoms with E-state index in [9.17, 15) is 4.79 Å². The van der Waals surface area contributed by atoms with E-state index in [0.717, 1.165) is 51.9 Å². The summed E-state index contributed by atoms with van der Waals surface area (Å²) >= 11 is 0. The van der Waals surface area contributed by atoms with Gasteiger partial charge in [0, 0.05) is 25.7 Å². The lowest BCUT2D eigenvalue weighted by Gasteiger charge is -2.36. The number of nitrogens with one attached hydrogen (secondary N) is 1. The molecule has 2 aliphatic rings. The number of rotatable bonds is 4. The zero-order valence-electron chi connectivity index (χ0n) is 15.3. The van der Waals surface area contributed by atoms with Crippen molar-refractivity contribution in [3.63, 3.8) is 0 Å². The van der Waals surface area contributed by atoms with Crippen LogP contribution < -0.4 is 5.32 Å². The molecule has 0 bridgehead atoms.